The fraction of sp³-hybridized carbons (Fsp3) is 0.857. The molecule has 0 saturated carbocycles. The summed E-state index contributed by atoms with van der Waals surface area (Å²) in [4.78, 5) is 24.5. The van der Waals surface area contributed by atoms with Crippen molar-refractivity contribution in [2.75, 3.05) is 19.6 Å². The van der Waals surface area contributed by atoms with Crippen LogP contribution in [0.2, 0.25) is 0 Å². The van der Waals surface area contributed by atoms with Gasteiger partial charge in [-0.2, -0.15) is 0 Å². The topological polar surface area (TPSA) is 83.6 Å². The highest BCUT2D eigenvalue weighted by molar-refractivity contribution is 5.76. The number of nitrogens with two attached hydrogens (primary N) is 1. The van der Waals surface area contributed by atoms with E-state index in [1.165, 1.54) is 0 Å². The van der Waals surface area contributed by atoms with Crippen LogP contribution < -0.4 is 5.73 Å². The van der Waals surface area contributed by atoms with E-state index in [2.05, 4.69) is 13.8 Å². The van der Waals surface area contributed by atoms with Gasteiger partial charge in [0, 0.05) is 25.9 Å². The maximum Gasteiger partial charge on any atom is 0.303 e. The Hall–Kier alpha value is -1.10. The van der Waals surface area contributed by atoms with Crippen molar-refractivity contribution in [1.82, 2.24) is 4.90 Å². The summed E-state index contributed by atoms with van der Waals surface area (Å²) in [5.74, 6) is -0.500. The van der Waals surface area contributed by atoms with E-state index in [0.717, 1.165) is 19.3 Å². The number of likely N-dealkylation sites (tertiary alicyclic amines) is 1. The number of carbonyl (C=O) groups is 2. The molecular weight excluding hydrogens is 244 g/mol. The van der Waals surface area contributed by atoms with Gasteiger partial charge in [0.1, 0.15) is 0 Å². The molecule has 1 rings (SSSR count). The number of rotatable bonds is 7. The van der Waals surface area contributed by atoms with Crippen molar-refractivity contribution >= 4 is 11.9 Å². The Morgan fingerprint density at radius 1 is 1.37 bits per heavy atom. The molecule has 1 aliphatic heterocycles. The fourth-order valence-corrected chi connectivity index (χ4v) is 2.59. The zero-order valence-corrected chi connectivity index (χ0v) is 12.0. The molecule has 1 saturated heterocycles. The summed E-state index contributed by atoms with van der Waals surface area (Å²) in [5, 5.41) is 8.75. The molecule has 0 aliphatic carbocycles. The van der Waals surface area contributed by atoms with Gasteiger partial charge in [0.2, 0.25) is 5.91 Å². The van der Waals surface area contributed by atoms with E-state index in [0.29, 0.717) is 26.1 Å². The first kappa shape index (κ1) is 16.0. The summed E-state index contributed by atoms with van der Waals surface area (Å²) in [5.41, 5.74) is 5.66. The minimum absolute atomic E-state index is 0.102. The third-order valence-corrected chi connectivity index (χ3v) is 3.94. The number of carboxylic acid groups (broad SMARTS) is 1. The Morgan fingerprint density at radius 2 is 2.05 bits per heavy atom. The van der Waals surface area contributed by atoms with E-state index in [9.17, 15) is 9.59 Å². The summed E-state index contributed by atoms with van der Waals surface area (Å²) in [6.45, 7) is 6.21. The fourth-order valence-electron chi connectivity index (χ4n) is 2.59. The predicted molar refractivity (Wildman–Crippen MR) is 73.6 cm³/mol. The lowest BCUT2D eigenvalue weighted by Crippen LogP contribution is -2.30. The van der Waals surface area contributed by atoms with Crippen LogP contribution in [0.5, 0.6) is 0 Å². The van der Waals surface area contributed by atoms with Crippen molar-refractivity contribution in [2.45, 2.75) is 46.0 Å². The van der Waals surface area contributed by atoms with Crippen LogP contribution in [-0.4, -0.2) is 41.5 Å². The van der Waals surface area contributed by atoms with Crippen LogP contribution in [-0.2, 0) is 9.59 Å². The molecule has 1 fully saturated rings. The normalized spacial score (nSPS) is 19.7. The largest absolute Gasteiger partial charge is 0.481 e. The van der Waals surface area contributed by atoms with Crippen molar-refractivity contribution in [3.8, 4) is 0 Å². The van der Waals surface area contributed by atoms with Crippen LogP contribution in [0.25, 0.3) is 0 Å². The molecule has 1 heterocycles. The number of hydrogen-bond acceptors (Lipinski definition) is 3. The molecule has 0 aromatic heterocycles. The van der Waals surface area contributed by atoms with Gasteiger partial charge in [-0.25, -0.2) is 0 Å². The Morgan fingerprint density at radius 3 is 2.63 bits per heavy atom. The van der Waals surface area contributed by atoms with Gasteiger partial charge in [-0.3, -0.25) is 9.59 Å². The highest BCUT2D eigenvalue weighted by atomic mass is 16.4. The van der Waals surface area contributed by atoms with Gasteiger partial charge in [0.25, 0.3) is 0 Å². The summed E-state index contributed by atoms with van der Waals surface area (Å²) >= 11 is 0. The summed E-state index contributed by atoms with van der Waals surface area (Å²) in [6.07, 6.45) is 3.27. The van der Waals surface area contributed by atoms with Crippen LogP contribution in [0, 0.1) is 11.3 Å². The van der Waals surface area contributed by atoms with E-state index >= 15 is 0 Å². The lowest BCUT2D eigenvalue weighted by molar-refractivity contribution is -0.138. The van der Waals surface area contributed by atoms with E-state index in [4.69, 9.17) is 10.8 Å². The van der Waals surface area contributed by atoms with Gasteiger partial charge >= 0.3 is 5.97 Å². The monoisotopic (exact) mass is 270 g/mol. The molecule has 0 radical (unpaired) electrons. The molecule has 1 aliphatic rings. The van der Waals surface area contributed by atoms with E-state index in [-0.39, 0.29) is 23.7 Å². The molecule has 3 N–H and O–H groups in total. The molecule has 0 aromatic rings. The smallest absolute Gasteiger partial charge is 0.303 e. The van der Waals surface area contributed by atoms with Crippen LogP contribution >= 0.6 is 0 Å². The second-order valence-electron chi connectivity index (χ2n) is 6.30. The average molecular weight is 270 g/mol. The predicted octanol–water partition coefficient (Wildman–Crippen LogP) is 1.46. The zero-order chi connectivity index (χ0) is 14.5. The van der Waals surface area contributed by atoms with Crippen molar-refractivity contribution in [1.29, 1.82) is 0 Å². The lowest BCUT2D eigenvalue weighted by Gasteiger charge is -2.25. The first-order chi connectivity index (χ1) is 8.84. The molecule has 5 heteroatoms. The number of aliphatic carboxylic acids is 1. The van der Waals surface area contributed by atoms with Crippen LogP contribution in [0.15, 0.2) is 0 Å². The summed E-state index contributed by atoms with van der Waals surface area (Å²) < 4.78 is 0. The number of carboxylic acids is 1. The maximum atomic E-state index is 12.1. The highest BCUT2D eigenvalue weighted by Gasteiger charge is 2.28. The third-order valence-electron chi connectivity index (χ3n) is 3.94. The molecule has 0 bridgehead atoms. The minimum atomic E-state index is -0.775. The zero-order valence-electron chi connectivity index (χ0n) is 12.0. The second-order valence-corrected chi connectivity index (χ2v) is 6.30. The van der Waals surface area contributed by atoms with Gasteiger partial charge in [-0.05, 0) is 37.1 Å². The summed E-state index contributed by atoms with van der Waals surface area (Å²) in [6, 6.07) is 0. The summed E-state index contributed by atoms with van der Waals surface area (Å²) in [7, 11) is 0. The first-order valence-electron chi connectivity index (χ1n) is 7.04. The highest BCUT2D eigenvalue weighted by Crippen LogP contribution is 2.27. The van der Waals surface area contributed by atoms with E-state index < -0.39 is 5.97 Å². The number of carbonyl (C=O) groups excluding carboxylic acids is 1. The van der Waals surface area contributed by atoms with Crippen LogP contribution in [0.1, 0.15) is 46.0 Å². The van der Waals surface area contributed by atoms with E-state index in [1.807, 2.05) is 4.90 Å². The molecule has 1 atom stereocenters. The quantitative estimate of drug-likeness (QED) is 0.733. The molecule has 1 amide bonds. The molecule has 5 nitrogen and oxygen atoms in total. The maximum absolute atomic E-state index is 12.1. The molecule has 0 aromatic carbocycles. The van der Waals surface area contributed by atoms with Gasteiger partial charge in [-0.15, -0.1) is 0 Å². The Bertz CT molecular complexity index is 329. The lowest BCUT2D eigenvalue weighted by atomic mass is 9.84. The minimum Gasteiger partial charge on any atom is -0.481 e. The SMILES string of the molecule is CC(C)(CCN)CCC(=O)N1CCC(CC(=O)O)C1. The van der Waals surface area contributed by atoms with E-state index in [1.54, 1.807) is 0 Å². The molecule has 1 unspecified atom stereocenters. The Kier molecular flexibility index (Phi) is 5.79. The standard InChI is InChI=1S/C14H26N2O3/c1-14(2,6-7-15)5-3-12(17)16-8-4-11(10-16)9-13(18)19/h11H,3-10,15H2,1-2H3,(H,18,19). The van der Waals surface area contributed by atoms with Crippen LogP contribution in [0.3, 0.4) is 0 Å². The van der Waals surface area contributed by atoms with Crippen LogP contribution in [0.4, 0.5) is 0 Å². The number of hydrogen-bond donors (Lipinski definition) is 2. The van der Waals surface area contributed by atoms with Gasteiger partial charge in [0.05, 0.1) is 0 Å². The number of nitrogens with zero attached hydrogens (tertiary/aromatic N) is 1. The second kappa shape index (κ2) is 6.89. The van der Waals surface area contributed by atoms with Gasteiger partial charge in [0.15, 0.2) is 0 Å². The Labute approximate surface area is 115 Å². The first-order valence-corrected chi connectivity index (χ1v) is 7.04. The third kappa shape index (κ3) is 5.59. The molecule has 110 valence electrons. The number of amides is 1. The van der Waals surface area contributed by atoms with Crippen molar-refractivity contribution in [3.05, 3.63) is 0 Å². The van der Waals surface area contributed by atoms with Crippen molar-refractivity contribution in [3.63, 3.8) is 0 Å². The molecule has 19 heavy (non-hydrogen) atoms. The van der Waals surface area contributed by atoms with Crippen molar-refractivity contribution < 1.29 is 14.7 Å². The van der Waals surface area contributed by atoms with Gasteiger partial charge < -0.3 is 15.7 Å². The molecular formula is C14H26N2O3. The molecule has 0 spiro atoms. The van der Waals surface area contributed by atoms with Gasteiger partial charge in [-0.1, -0.05) is 13.8 Å². The Balaban J connectivity index is 2.33. The average Bonchev–Trinajstić information content (AvgIpc) is 2.73. The van der Waals surface area contributed by atoms with Crippen molar-refractivity contribution in [2.24, 2.45) is 17.1 Å².